The monoisotopic (exact) mass is 362 g/mol. The molecule has 2 heterocycles. The number of rotatable bonds is 6. The van der Waals surface area contributed by atoms with E-state index in [-0.39, 0.29) is 30.3 Å². The minimum atomic E-state index is -0.246. The first kappa shape index (κ1) is 17.3. The number of amides is 1. The number of aromatic nitrogens is 3. The Morgan fingerprint density at radius 3 is 2.72 bits per heavy atom. The average molecular weight is 362 g/mol. The quantitative estimate of drug-likeness (QED) is 0.623. The van der Waals surface area contributed by atoms with Gasteiger partial charge in [-0.3, -0.25) is 9.59 Å². The van der Waals surface area contributed by atoms with Gasteiger partial charge < -0.3 is 19.4 Å². The van der Waals surface area contributed by atoms with Crippen LogP contribution in [0.5, 0.6) is 11.5 Å². The van der Waals surface area contributed by atoms with Crippen molar-refractivity contribution in [3.63, 3.8) is 0 Å². The van der Waals surface area contributed by atoms with Crippen LogP contribution in [0.2, 0.25) is 0 Å². The Hall–Kier alpha value is -2.55. The summed E-state index contributed by atoms with van der Waals surface area (Å²) in [5.41, 5.74) is 0.792. The van der Waals surface area contributed by atoms with Crippen molar-refractivity contribution in [1.29, 1.82) is 0 Å². The van der Waals surface area contributed by atoms with Crippen LogP contribution in [0.15, 0.2) is 23.6 Å². The molecule has 25 heavy (non-hydrogen) atoms. The Bertz CT molecular complexity index is 818. The van der Waals surface area contributed by atoms with Crippen molar-refractivity contribution >= 4 is 29.1 Å². The molecule has 1 aliphatic heterocycles. The lowest BCUT2D eigenvalue weighted by Crippen LogP contribution is -2.16. The number of ether oxygens (including phenoxy) is 2. The van der Waals surface area contributed by atoms with Gasteiger partial charge in [0.1, 0.15) is 6.33 Å². The lowest BCUT2D eigenvalue weighted by molar-refractivity contribution is -0.113. The number of Topliss-reactive ketones (excluding diaryl/α,β-unsaturated/α-hetero) is 1. The van der Waals surface area contributed by atoms with E-state index in [9.17, 15) is 9.59 Å². The number of thioether (sulfide) groups is 1. The van der Waals surface area contributed by atoms with E-state index in [4.69, 9.17) is 9.47 Å². The molecule has 8 nitrogen and oxygen atoms in total. The summed E-state index contributed by atoms with van der Waals surface area (Å²) in [6, 6.07) is 3.40. The molecule has 1 amide bonds. The van der Waals surface area contributed by atoms with Gasteiger partial charge in [0.05, 0.1) is 11.4 Å². The summed E-state index contributed by atoms with van der Waals surface area (Å²) in [5.74, 6) is 0.748. The van der Waals surface area contributed by atoms with Crippen molar-refractivity contribution < 1.29 is 19.1 Å². The lowest BCUT2D eigenvalue weighted by Gasteiger charge is -2.11. The van der Waals surface area contributed by atoms with E-state index in [1.165, 1.54) is 18.7 Å². The number of nitrogens with zero attached hydrogens (tertiary/aromatic N) is 3. The molecule has 0 aliphatic carbocycles. The van der Waals surface area contributed by atoms with Gasteiger partial charge in [0.25, 0.3) is 0 Å². The van der Waals surface area contributed by atoms with Crippen LogP contribution in [0.4, 0.5) is 5.69 Å². The van der Waals surface area contributed by atoms with Crippen LogP contribution in [0.1, 0.15) is 37.2 Å². The molecule has 0 atom stereocenters. The normalized spacial score (nSPS) is 12.5. The van der Waals surface area contributed by atoms with Crippen LogP contribution in [0.3, 0.4) is 0 Å². The standard InChI is InChI=1S/C16H18N4O4S/c1-9(2)20-7-17-19-16(20)25-6-15(22)18-12-5-14-13(23-8-24-14)4-11(12)10(3)21/h4-5,7,9H,6,8H2,1-3H3,(H,18,22). The number of fused-ring (bicyclic) bond motifs is 1. The van der Waals surface area contributed by atoms with Gasteiger partial charge in [0.15, 0.2) is 22.4 Å². The van der Waals surface area contributed by atoms with Crippen molar-refractivity contribution in [1.82, 2.24) is 14.8 Å². The van der Waals surface area contributed by atoms with Gasteiger partial charge in [-0.15, -0.1) is 10.2 Å². The first-order valence-corrected chi connectivity index (χ1v) is 8.71. The molecule has 1 aliphatic rings. The summed E-state index contributed by atoms with van der Waals surface area (Å²) in [6.45, 7) is 5.57. The highest BCUT2D eigenvalue weighted by molar-refractivity contribution is 7.99. The second-order valence-corrected chi connectivity index (χ2v) is 6.70. The minimum absolute atomic E-state index is 0.102. The maximum atomic E-state index is 12.3. The van der Waals surface area contributed by atoms with Crippen LogP contribution >= 0.6 is 11.8 Å². The molecule has 0 saturated heterocycles. The summed E-state index contributed by atoms with van der Waals surface area (Å²) in [7, 11) is 0. The highest BCUT2D eigenvalue weighted by Gasteiger charge is 2.20. The predicted octanol–water partition coefficient (Wildman–Crippen LogP) is 2.52. The van der Waals surface area contributed by atoms with Crippen molar-refractivity contribution in [2.45, 2.75) is 32.0 Å². The smallest absolute Gasteiger partial charge is 0.234 e. The summed E-state index contributed by atoms with van der Waals surface area (Å²) < 4.78 is 12.5. The topological polar surface area (TPSA) is 95.3 Å². The second kappa shape index (κ2) is 7.14. The number of hydrogen-bond donors (Lipinski definition) is 1. The number of anilines is 1. The van der Waals surface area contributed by atoms with Crippen molar-refractivity contribution in [3.8, 4) is 11.5 Å². The largest absolute Gasteiger partial charge is 0.454 e. The maximum Gasteiger partial charge on any atom is 0.234 e. The molecule has 0 bridgehead atoms. The number of carbonyl (C=O) groups excluding carboxylic acids is 2. The highest BCUT2D eigenvalue weighted by Crippen LogP contribution is 2.37. The first-order chi connectivity index (χ1) is 12.0. The number of benzene rings is 1. The number of carbonyl (C=O) groups is 2. The molecular weight excluding hydrogens is 344 g/mol. The number of hydrogen-bond acceptors (Lipinski definition) is 7. The summed E-state index contributed by atoms with van der Waals surface area (Å²) >= 11 is 1.29. The molecule has 9 heteroatoms. The van der Waals surface area contributed by atoms with Gasteiger partial charge in [0, 0.05) is 17.7 Å². The molecule has 132 valence electrons. The Balaban J connectivity index is 1.70. The number of nitrogens with one attached hydrogen (secondary N) is 1. The Labute approximate surface area is 148 Å². The van der Waals surface area contributed by atoms with E-state index < -0.39 is 0 Å². The van der Waals surface area contributed by atoms with Crippen molar-refractivity contribution in [2.75, 3.05) is 17.9 Å². The maximum absolute atomic E-state index is 12.3. The molecule has 0 saturated carbocycles. The fourth-order valence-corrected chi connectivity index (χ4v) is 3.19. The fourth-order valence-electron chi connectivity index (χ4n) is 2.34. The Morgan fingerprint density at radius 2 is 2.04 bits per heavy atom. The van der Waals surface area contributed by atoms with Gasteiger partial charge in [0.2, 0.25) is 12.7 Å². The zero-order chi connectivity index (χ0) is 18.0. The van der Waals surface area contributed by atoms with E-state index in [0.29, 0.717) is 27.9 Å². The van der Waals surface area contributed by atoms with Crippen molar-refractivity contribution in [3.05, 3.63) is 24.0 Å². The predicted molar refractivity (Wildman–Crippen MR) is 92.3 cm³/mol. The van der Waals surface area contributed by atoms with E-state index in [1.807, 2.05) is 18.4 Å². The zero-order valence-electron chi connectivity index (χ0n) is 14.1. The third-order valence-electron chi connectivity index (χ3n) is 3.60. The molecule has 0 fully saturated rings. The van der Waals surface area contributed by atoms with Gasteiger partial charge in [-0.25, -0.2) is 0 Å². The van der Waals surface area contributed by atoms with E-state index >= 15 is 0 Å². The Kier molecular flexibility index (Phi) is 4.93. The molecule has 1 aromatic carbocycles. The van der Waals surface area contributed by atoms with Gasteiger partial charge in [-0.2, -0.15) is 0 Å². The average Bonchev–Trinajstić information content (AvgIpc) is 3.20. The van der Waals surface area contributed by atoms with E-state index in [0.717, 1.165) is 0 Å². The summed E-state index contributed by atoms with van der Waals surface area (Å²) in [6.07, 6.45) is 1.64. The molecule has 0 spiro atoms. The fraction of sp³-hybridized carbons (Fsp3) is 0.375. The molecule has 0 unspecified atom stereocenters. The SMILES string of the molecule is CC(=O)c1cc2c(cc1NC(=O)CSc1nncn1C(C)C)OCO2. The number of ketones is 1. The van der Waals surface area contributed by atoms with Gasteiger partial charge in [-0.1, -0.05) is 11.8 Å². The molecule has 1 N–H and O–H groups in total. The highest BCUT2D eigenvalue weighted by atomic mass is 32.2. The summed E-state index contributed by atoms with van der Waals surface area (Å²) in [4.78, 5) is 24.1. The molecule has 0 radical (unpaired) electrons. The van der Waals surface area contributed by atoms with Crippen LogP contribution in [-0.2, 0) is 4.79 Å². The zero-order valence-corrected chi connectivity index (χ0v) is 14.9. The molecule has 3 rings (SSSR count). The minimum Gasteiger partial charge on any atom is -0.454 e. The molecule has 2 aromatic rings. The Morgan fingerprint density at radius 1 is 1.32 bits per heavy atom. The summed E-state index contributed by atoms with van der Waals surface area (Å²) in [5, 5.41) is 11.3. The van der Waals surface area contributed by atoms with Crippen LogP contribution in [-0.4, -0.2) is 39.0 Å². The van der Waals surface area contributed by atoms with E-state index in [2.05, 4.69) is 15.5 Å². The lowest BCUT2D eigenvalue weighted by atomic mass is 10.1. The van der Waals surface area contributed by atoms with Crippen molar-refractivity contribution in [2.24, 2.45) is 0 Å². The van der Waals surface area contributed by atoms with Crippen LogP contribution < -0.4 is 14.8 Å². The van der Waals surface area contributed by atoms with Crippen LogP contribution in [0.25, 0.3) is 0 Å². The van der Waals surface area contributed by atoms with E-state index in [1.54, 1.807) is 18.5 Å². The third-order valence-corrected chi connectivity index (χ3v) is 4.55. The van der Waals surface area contributed by atoms with Gasteiger partial charge >= 0.3 is 0 Å². The third kappa shape index (κ3) is 3.76. The molecule has 1 aromatic heterocycles. The van der Waals surface area contributed by atoms with Crippen LogP contribution in [0, 0.1) is 0 Å². The second-order valence-electron chi connectivity index (χ2n) is 5.76. The molecular formula is C16H18N4O4S. The van der Waals surface area contributed by atoms with Gasteiger partial charge in [-0.05, 0) is 26.8 Å². The first-order valence-electron chi connectivity index (χ1n) is 7.72.